The van der Waals surface area contributed by atoms with Crippen molar-refractivity contribution in [2.45, 2.75) is 289 Å². The van der Waals surface area contributed by atoms with Crippen molar-refractivity contribution in [3.05, 3.63) is 48.6 Å². The van der Waals surface area contributed by atoms with Crippen LogP contribution < -0.4 is 5.32 Å². The number of carbonyl (C=O) groups is 2. The van der Waals surface area contributed by atoms with Crippen molar-refractivity contribution < 1.29 is 24.5 Å². The summed E-state index contributed by atoms with van der Waals surface area (Å²) >= 11 is 0. The maximum atomic E-state index is 13.2. The van der Waals surface area contributed by atoms with Gasteiger partial charge in [0.25, 0.3) is 0 Å². The molecule has 0 heterocycles. The molecule has 6 heteroatoms. The van der Waals surface area contributed by atoms with Gasteiger partial charge >= 0.3 is 5.97 Å². The van der Waals surface area contributed by atoms with Crippen molar-refractivity contribution in [1.29, 1.82) is 0 Å². The van der Waals surface area contributed by atoms with Gasteiger partial charge in [-0.15, -0.1) is 0 Å². The highest BCUT2D eigenvalue weighted by atomic mass is 16.5. The predicted octanol–water partition coefficient (Wildman–Crippen LogP) is 16.2. The minimum Gasteiger partial charge on any atom is -0.462 e. The van der Waals surface area contributed by atoms with Gasteiger partial charge in [0, 0.05) is 6.42 Å². The van der Waals surface area contributed by atoms with Crippen LogP contribution in [0.15, 0.2) is 48.6 Å². The lowest BCUT2D eigenvalue weighted by Gasteiger charge is -2.24. The van der Waals surface area contributed by atoms with Gasteiger partial charge in [0.2, 0.25) is 5.91 Å². The molecule has 3 N–H and O–H groups in total. The summed E-state index contributed by atoms with van der Waals surface area (Å²) in [7, 11) is 0. The predicted molar refractivity (Wildman–Crippen MR) is 269 cm³/mol. The lowest BCUT2D eigenvalue weighted by molar-refractivity contribution is -0.151. The highest BCUT2D eigenvalue weighted by molar-refractivity contribution is 5.77. The number of amides is 1. The number of esters is 1. The fourth-order valence-electron chi connectivity index (χ4n) is 8.06. The van der Waals surface area contributed by atoms with Crippen LogP contribution in [0.25, 0.3) is 0 Å². The van der Waals surface area contributed by atoms with Gasteiger partial charge in [-0.1, -0.05) is 236 Å². The number of hydrogen-bond acceptors (Lipinski definition) is 5. The van der Waals surface area contributed by atoms with E-state index >= 15 is 0 Å². The lowest BCUT2D eigenvalue weighted by atomic mass is 10.0. The quantitative estimate of drug-likeness (QED) is 0.0245. The van der Waals surface area contributed by atoms with Crippen LogP contribution in [0.3, 0.4) is 0 Å². The smallest absolute Gasteiger partial charge is 0.306 e. The molecule has 0 saturated carbocycles. The Morgan fingerprint density at radius 2 is 0.855 bits per heavy atom. The number of hydrogen-bond donors (Lipinski definition) is 3. The third-order valence-corrected chi connectivity index (χ3v) is 12.2. The molecule has 0 aliphatic heterocycles. The van der Waals surface area contributed by atoms with Gasteiger partial charge in [0.15, 0.2) is 0 Å². The molecular formula is C56H103NO5. The zero-order chi connectivity index (χ0) is 45.2. The molecule has 0 rings (SSSR count). The first-order valence-electron chi connectivity index (χ1n) is 26.9. The average Bonchev–Trinajstić information content (AvgIpc) is 3.26. The molecule has 0 aliphatic rings. The number of allylic oxidation sites excluding steroid dienone is 8. The molecule has 0 bridgehead atoms. The first-order valence-corrected chi connectivity index (χ1v) is 26.9. The van der Waals surface area contributed by atoms with Crippen LogP contribution in [0.4, 0.5) is 0 Å². The monoisotopic (exact) mass is 870 g/mol. The van der Waals surface area contributed by atoms with Gasteiger partial charge in [0.05, 0.1) is 25.2 Å². The highest BCUT2D eigenvalue weighted by Crippen LogP contribution is 2.18. The van der Waals surface area contributed by atoms with Gasteiger partial charge in [-0.3, -0.25) is 9.59 Å². The van der Waals surface area contributed by atoms with Gasteiger partial charge < -0.3 is 20.3 Å². The molecule has 3 atom stereocenters. The zero-order valence-electron chi connectivity index (χ0n) is 41.3. The van der Waals surface area contributed by atoms with Crippen LogP contribution in [0.2, 0.25) is 0 Å². The number of nitrogens with one attached hydrogen (secondary N) is 1. The van der Waals surface area contributed by atoms with E-state index < -0.39 is 18.2 Å². The molecule has 1 amide bonds. The van der Waals surface area contributed by atoms with Crippen LogP contribution in [-0.2, 0) is 14.3 Å². The lowest BCUT2D eigenvalue weighted by Crippen LogP contribution is -2.46. The molecule has 362 valence electrons. The van der Waals surface area contributed by atoms with Crippen molar-refractivity contribution in [3.8, 4) is 0 Å². The minimum atomic E-state index is -0.798. The van der Waals surface area contributed by atoms with Crippen molar-refractivity contribution in [3.63, 3.8) is 0 Å². The van der Waals surface area contributed by atoms with Crippen LogP contribution in [-0.4, -0.2) is 46.9 Å². The maximum Gasteiger partial charge on any atom is 0.306 e. The third-order valence-electron chi connectivity index (χ3n) is 12.2. The summed E-state index contributed by atoms with van der Waals surface area (Å²) in [6.45, 7) is 6.43. The topological polar surface area (TPSA) is 95.9 Å². The number of aliphatic hydroxyl groups is 2. The Hall–Kier alpha value is -2.18. The molecule has 3 unspecified atom stereocenters. The summed E-state index contributed by atoms with van der Waals surface area (Å²) in [5, 5.41) is 23.8. The number of rotatable bonds is 48. The number of carbonyl (C=O) groups excluding carboxylic acids is 2. The Balaban J connectivity index is 4.60. The Morgan fingerprint density at radius 3 is 1.34 bits per heavy atom. The molecule has 6 nitrogen and oxygen atoms in total. The molecule has 0 radical (unpaired) electrons. The van der Waals surface area contributed by atoms with Crippen molar-refractivity contribution in [2.24, 2.45) is 0 Å². The molecule has 0 saturated heterocycles. The summed E-state index contributed by atoms with van der Waals surface area (Å²) in [6, 6.07) is -0.714. The van der Waals surface area contributed by atoms with Crippen LogP contribution >= 0.6 is 0 Å². The molecule has 62 heavy (non-hydrogen) atoms. The van der Waals surface area contributed by atoms with E-state index in [4.69, 9.17) is 4.74 Å². The fourth-order valence-corrected chi connectivity index (χ4v) is 8.06. The largest absolute Gasteiger partial charge is 0.462 e. The van der Waals surface area contributed by atoms with E-state index in [1.165, 1.54) is 148 Å². The molecule has 0 fully saturated rings. The Morgan fingerprint density at radius 1 is 0.468 bits per heavy atom. The first kappa shape index (κ1) is 59.8. The van der Waals surface area contributed by atoms with Crippen LogP contribution in [0.1, 0.15) is 271 Å². The van der Waals surface area contributed by atoms with E-state index in [0.717, 1.165) is 77.0 Å². The van der Waals surface area contributed by atoms with Crippen molar-refractivity contribution in [2.75, 3.05) is 6.61 Å². The number of unbranched alkanes of at least 4 members (excludes halogenated alkanes) is 30. The Bertz CT molecular complexity index is 1070. The molecule has 0 aromatic rings. The van der Waals surface area contributed by atoms with Crippen LogP contribution in [0.5, 0.6) is 0 Å². The van der Waals surface area contributed by atoms with E-state index in [0.29, 0.717) is 19.3 Å². The Labute approximate surface area is 385 Å². The molecule has 0 aromatic carbocycles. The summed E-state index contributed by atoms with van der Waals surface area (Å²) in [5.41, 5.74) is 0. The summed E-state index contributed by atoms with van der Waals surface area (Å²) in [5.74, 6) is -0.513. The number of ether oxygens (including phenoxy) is 1. The zero-order valence-corrected chi connectivity index (χ0v) is 41.3. The van der Waals surface area contributed by atoms with Gasteiger partial charge in [0.1, 0.15) is 6.10 Å². The van der Waals surface area contributed by atoms with E-state index in [9.17, 15) is 19.8 Å². The standard InChI is InChI=1S/C56H103NO5/c1-4-7-10-13-16-19-22-24-26-28-30-33-35-38-41-44-47-52(62-56(61)49-46-43-40-37-32-21-18-15-12-9-6-3)50-55(60)57-53(51-58)54(59)48-45-42-39-36-34-31-29-27-25-23-20-17-14-11-8-5-2/h15,18,22,24,26,28,30,33,52-54,58-59H,4-14,16-17,19-21,23,25,27,29,31-32,34-51H2,1-3H3,(H,57,60)/b18-15-,24-22+,28-26+,33-30+. The Kier molecular flexibility index (Phi) is 48.1. The van der Waals surface area contributed by atoms with E-state index in [2.05, 4.69) is 74.7 Å². The summed E-state index contributed by atoms with van der Waals surface area (Å²) < 4.78 is 5.91. The van der Waals surface area contributed by atoms with Gasteiger partial charge in [-0.05, 0) is 70.6 Å². The number of aliphatic hydroxyl groups excluding tert-OH is 2. The minimum absolute atomic E-state index is 0.0523. The van der Waals surface area contributed by atoms with Gasteiger partial charge in [-0.2, -0.15) is 0 Å². The van der Waals surface area contributed by atoms with E-state index in [-0.39, 0.29) is 24.9 Å². The molecular weight excluding hydrogens is 767 g/mol. The second kappa shape index (κ2) is 49.8. The van der Waals surface area contributed by atoms with Crippen molar-refractivity contribution in [1.82, 2.24) is 5.32 Å². The van der Waals surface area contributed by atoms with E-state index in [1.54, 1.807) is 0 Å². The third kappa shape index (κ3) is 44.4. The van der Waals surface area contributed by atoms with Crippen LogP contribution in [0, 0.1) is 0 Å². The van der Waals surface area contributed by atoms with Crippen molar-refractivity contribution >= 4 is 11.9 Å². The molecule has 0 spiro atoms. The maximum absolute atomic E-state index is 13.2. The summed E-state index contributed by atoms with van der Waals surface area (Å²) in [6.07, 6.45) is 60.3. The second-order valence-corrected chi connectivity index (χ2v) is 18.3. The van der Waals surface area contributed by atoms with E-state index in [1.807, 2.05) is 0 Å². The molecule has 0 aromatic heterocycles. The summed E-state index contributed by atoms with van der Waals surface area (Å²) in [4.78, 5) is 26.1. The first-order chi connectivity index (χ1) is 30.5. The average molecular weight is 870 g/mol. The second-order valence-electron chi connectivity index (χ2n) is 18.3. The van der Waals surface area contributed by atoms with Gasteiger partial charge in [-0.25, -0.2) is 0 Å². The highest BCUT2D eigenvalue weighted by Gasteiger charge is 2.24. The SMILES string of the molecule is CCCC/C=C\CCCCCCCC(=O)OC(CCCCC/C=C/C=C/C=C/CCCCCCC)CC(=O)NC(CO)C(O)CCCCCCCCCCCCCCCCCC. The molecule has 0 aliphatic carbocycles. The normalized spacial score (nSPS) is 13.6. The fraction of sp³-hybridized carbons (Fsp3) is 0.821.